The van der Waals surface area contributed by atoms with E-state index >= 15 is 0 Å². The third-order valence-electron chi connectivity index (χ3n) is 5.31. The highest BCUT2D eigenvalue weighted by molar-refractivity contribution is 5.76. The van der Waals surface area contributed by atoms with Crippen molar-refractivity contribution in [2.24, 2.45) is 12.0 Å². The smallest absolute Gasteiger partial charge is 0.334 e. The Kier molecular flexibility index (Phi) is 4.08. The van der Waals surface area contributed by atoms with Gasteiger partial charge in [-0.05, 0) is 56.2 Å². The van der Waals surface area contributed by atoms with Crippen molar-refractivity contribution >= 4 is 23.1 Å². The number of fused-ring (bicyclic) bond motifs is 2. The van der Waals surface area contributed by atoms with E-state index in [2.05, 4.69) is 9.98 Å². The molecule has 0 N–H and O–H groups in total. The van der Waals surface area contributed by atoms with E-state index in [0.29, 0.717) is 18.3 Å². The Morgan fingerprint density at radius 2 is 1.90 bits per heavy atom. The van der Waals surface area contributed by atoms with Gasteiger partial charge in [0.2, 0.25) is 0 Å². The van der Waals surface area contributed by atoms with Gasteiger partial charge < -0.3 is 4.74 Å². The van der Waals surface area contributed by atoms with Crippen molar-refractivity contribution < 1.29 is 4.74 Å². The molecule has 1 aliphatic heterocycles. The molecule has 7 heteroatoms. The number of aryl methyl sites for hydroxylation is 1. The molecular weight excluding hydrogens is 366 g/mol. The summed E-state index contributed by atoms with van der Waals surface area (Å²) in [7, 11) is 1.93. The van der Waals surface area contributed by atoms with Crippen molar-refractivity contribution in [1.82, 2.24) is 18.7 Å². The van der Waals surface area contributed by atoms with E-state index in [1.807, 2.05) is 73.3 Å². The zero-order valence-corrected chi connectivity index (χ0v) is 16.4. The molecule has 3 heterocycles. The number of hydrogen-bond donors (Lipinski definition) is 0. The molecule has 0 unspecified atom stereocenters. The molecule has 1 aliphatic rings. The van der Waals surface area contributed by atoms with Crippen LogP contribution in [0, 0.1) is 0 Å². The lowest BCUT2D eigenvalue weighted by molar-refractivity contribution is 0.428. The average Bonchev–Trinajstić information content (AvgIpc) is 3.22. The predicted molar refractivity (Wildman–Crippen MR) is 113 cm³/mol. The van der Waals surface area contributed by atoms with Gasteiger partial charge in [0.1, 0.15) is 5.75 Å². The van der Waals surface area contributed by atoms with Gasteiger partial charge in [0.25, 0.3) is 0 Å². The first-order valence-electron chi connectivity index (χ1n) is 9.74. The lowest BCUT2D eigenvalue weighted by Crippen LogP contribution is -2.23. The maximum absolute atomic E-state index is 12.9. The van der Waals surface area contributed by atoms with Crippen LogP contribution in [0.25, 0.3) is 16.7 Å². The van der Waals surface area contributed by atoms with E-state index in [1.54, 1.807) is 9.13 Å². The first-order chi connectivity index (χ1) is 14.2. The summed E-state index contributed by atoms with van der Waals surface area (Å²) < 4.78 is 11.4. The fourth-order valence-corrected chi connectivity index (χ4v) is 3.85. The van der Waals surface area contributed by atoms with Crippen LogP contribution in [0.3, 0.4) is 0 Å². The van der Waals surface area contributed by atoms with Crippen LogP contribution in [0.15, 0.2) is 58.3 Å². The van der Waals surface area contributed by atoms with Gasteiger partial charge in [0, 0.05) is 19.8 Å². The van der Waals surface area contributed by atoms with Gasteiger partial charge in [-0.2, -0.15) is 4.98 Å². The normalized spacial score (nSPS) is 13.0. The van der Waals surface area contributed by atoms with Crippen LogP contribution in [-0.2, 0) is 20.0 Å². The average molecular weight is 387 g/mol. The molecule has 5 rings (SSSR count). The second-order valence-electron chi connectivity index (χ2n) is 7.02. The SMILES string of the molecule is CCn1c2c(n(-c3ccc(Oc4nc5ccccc5n4C)cc3)c1=O)N=CCC2. The van der Waals surface area contributed by atoms with Gasteiger partial charge >= 0.3 is 11.7 Å². The topological polar surface area (TPSA) is 66.3 Å². The van der Waals surface area contributed by atoms with Crippen LogP contribution in [0.4, 0.5) is 5.82 Å². The lowest BCUT2D eigenvalue weighted by atomic mass is 10.2. The standard InChI is InChI=1S/C22H21N5O2/c1-3-26-19-9-6-14-23-20(19)27(22(26)28)15-10-12-16(13-11-15)29-21-24-17-7-4-5-8-18(17)25(21)2/h4-5,7-8,10-14H,3,6,9H2,1-2H3. The molecule has 2 aromatic carbocycles. The second kappa shape index (κ2) is 6.77. The Morgan fingerprint density at radius 3 is 2.66 bits per heavy atom. The van der Waals surface area contributed by atoms with Gasteiger partial charge in [-0.25, -0.2) is 14.4 Å². The van der Waals surface area contributed by atoms with Gasteiger partial charge in [-0.1, -0.05) is 12.1 Å². The van der Waals surface area contributed by atoms with Crippen molar-refractivity contribution in [3.63, 3.8) is 0 Å². The molecule has 2 aromatic heterocycles. The zero-order chi connectivity index (χ0) is 20.0. The molecule has 0 spiro atoms. The van der Waals surface area contributed by atoms with Crippen LogP contribution >= 0.6 is 0 Å². The molecule has 0 bridgehead atoms. The number of benzene rings is 2. The van der Waals surface area contributed by atoms with Crippen LogP contribution < -0.4 is 10.4 Å². The summed E-state index contributed by atoms with van der Waals surface area (Å²) in [6.07, 6.45) is 3.57. The maximum atomic E-state index is 12.9. The first kappa shape index (κ1) is 17.5. The van der Waals surface area contributed by atoms with Gasteiger partial charge in [-0.3, -0.25) is 9.13 Å². The van der Waals surface area contributed by atoms with E-state index in [-0.39, 0.29) is 5.69 Å². The predicted octanol–water partition coefficient (Wildman–Crippen LogP) is 3.99. The Labute approximate surface area is 167 Å². The first-order valence-corrected chi connectivity index (χ1v) is 9.74. The van der Waals surface area contributed by atoms with Gasteiger partial charge in [-0.15, -0.1) is 0 Å². The molecule has 29 heavy (non-hydrogen) atoms. The van der Waals surface area contributed by atoms with E-state index in [0.717, 1.165) is 41.1 Å². The van der Waals surface area contributed by atoms with E-state index < -0.39 is 0 Å². The molecule has 146 valence electrons. The molecule has 0 aliphatic carbocycles. The molecule has 4 aromatic rings. The number of aromatic nitrogens is 4. The Balaban J connectivity index is 1.50. The number of hydrogen-bond acceptors (Lipinski definition) is 4. The second-order valence-corrected chi connectivity index (χ2v) is 7.02. The number of imidazole rings is 2. The monoisotopic (exact) mass is 387 g/mol. The van der Waals surface area contributed by atoms with Gasteiger partial charge in [0.05, 0.1) is 22.4 Å². The highest BCUT2D eigenvalue weighted by atomic mass is 16.5. The molecule has 0 fully saturated rings. The largest absolute Gasteiger partial charge is 0.425 e. The quantitative estimate of drug-likeness (QED) is 0.532. The molecule has 7 nitrogen and oxygen atoms in total. The molecule has 0 radical (unpaired) electrons. The fraction of sp³-hybridized carbons (Fsp3) is 0.227. The van der Waals surface area contributed by atoms with Crippen molar-refractivity contribution in [3.8, 4) is 17.4 Å². The summed E-state index contributed by atoms with van der Waals surface area (Å²) in [5.74, 6) is 1.39. The fourth-order valence-electron chi connectivity index (χ4n) is 3.85. The van der Waals surface area contributed by atoms with E-state index in [9.17, 15) is 4.79 Å². The summed E-state index contributed by atoms with van der Waals surface area (Å²) in [4.78, 5) is 21.9. The molecule has 0 saturated carbocycles. The van der Waals surface area contributed by atoms with Crippen molar-refractivity contribution in [1.29, 1.82) is 0 Å². The van der Waals surface area contributed by atoms with E-state index in [4.69, 9.17) is 4.74 Å². The lowest BCUT2D eigenvalue weighted by Gasteiger charge is -2.10. The highest BCUT2D eigenvalue weighted by Gasteiger charge is 2.21. The number of aliphatic imine (C=N–C) groups is 1. The minimum Gasteiger partial charge on any atom is -0.425 e. The molecule has 0 saturated heterocycles. The van der Waals surface area contributed by atoms with Crippen LogP contribution in [-0.4, -0.2) is 24.9 Å². The van der Waals surface area contributed by atoms with Gasteiger partial charge in [0.15, 0.2) is 5.82 Å². The summed E-state index contributed by atoms with van der Waals surface area (Å²) >= 11 is 0. The third kappa shape index (κ3) is 2.77. The summed E-state index contributed by atoms with van der Waals surface area (Å²) in [6, 6.07) is 15.9. The minimum atomic E-state index is -0.0550. The summed E-state index contributed by atoms with van der Waals surface area (Å²) in [6.45, 7) is 2.62. The zero-order valence-electron chi connectivity index (χ0n) is 16.4. The van der Waals surface area contributed by atoms with Crippen LogP contribution in [0.2, 0.25) is 0 Å². The van der Waals surface area contributed by atoms with Crippen LogP contribution in [0.1, 0.15) is 19.0 Å². The molecule has 0 atom stereocenters. The Hall–Kier alpha value is -3.61. The third-order valence-corrected chi connectivity index (χ3v) is 5.31. The highest BCUT2D eigenvalue weighted by Crippen LogP contribution is 2.29. The Morgan fingerprint density at radius 1 is 1.10 bits per heavy atom. The number of ether oxygens (including phenoxy) is 1. The number of nitrogens with zero attached hydrogens (tertiary/aromatic N) is 5. The molecular formula is C22H21N5O2. The van der Waals surface area contributed by atoms with E-state index in [1.165, 1.54) is 0 Å². The van der Waals surface area contributed by atoms with Crippen molar-refractivity contribution in [2.45, 2.75) is 26.3 Å². The summed E-state index contributed by atoms with van der Waals surface area (Å²) in [5.41, 5.74) is 3.62. The molecule has 0 amide bonds. The Bertz CT molecular complexity index is 1290. The number of rotatable bonds is 4. The minimum absolute atomic E-state index is 0.0550. The van der Waals surface area contributed by atoms with Crippen LogP contribution in [0.5, 0.6) is 11.8 Å². The van der Waals surface area contributed by atoms with Crippen molar-refractivity contribution in [3.05, 3.63) is 64.7 Å². The van der Waals surface area contributed by atoms with Crippen molar-refractivity contribution in [2.75, 3.05) is 0 Å². The summed E-state index contributed by atoms with van der Waals surface area (Å²) in [5, 5.41) is 0. The number of para-hydroxylation sites is 2. The maximum Gasteiger partial charge on any atom is 0.334 e.